The van der Waals surface area contributed by atoms with Gasteiger partial charge in [-0.05, 0) is 48.5 Å². The summed E-state index contributed by atoms with van der Waals surface area (Å²) >= 11 is 1.50. The average molecular weight is 509 g/mol. The minimum absolute atomic E-state index is 0.428. The van der Waals surface area contributed by atoms with Crippen LogP contribution in [0.25, 0.3) is 33.1 Å². The van der Waals surface area contributed by atoms with Crippen LogP contribution in [0.5, 0.6) is 5.75 Å². The first-order valence-corrected chi connectivity index (χ1v) is 12.3. The molecule has 8 heteroatoms. The molecule has 1 unspecified atom stereocenters. The molecular weight excluding hydrogens is 485 g/mol. The number of nitrogens with zero attached hydrogens (tertiary/aromatic N) is 2. The van der Waals surface area contributed by atoms with E-state index < -0.39 is 17.8 Å². The molecular formula is C28H23F3N2O2S. The zero-order valence-corrected chi connectivity index (χ0v) is 20.2. The van der Waals surface area contributed by atoms with E-state index in [1.54, 1.807) is 7.11 Å². The Morgan fingerprint density at radius 1 is 1.00 bits per heavy atom. The van der Waals surface area contributed by atoms with Crippen molar-refractivity contribution in [2.75, 3.05) is 12.9 Å². The molecule has 184 valence electrons. The third-order valence-corrected chi connectivity index (χ3v) is 7.20. The quantitative estimate of drug-likeness (QED) is 0.240. The number of ether oxygens (including phenoxy) is 1. The standard InChI is InChI=1S/C28H23F3N2O2S/c1-35-22-10-11-26-19(14-22)12-13-33(26)16-21(34)17-36-27-15-25(32-24-5-3-2-4-23(24)27)18-6-8-20(9-7-18)28(29,30)31/h2-15,21,34H,16-17H2,1H3. The summed E-state index contributed by atoms with van der Waals surface area (Å²) in [7, 11) is 1.63. The number of methoxy groups -OCH3 is 1. The van der Waals surface area contributed by atoms with Gasteiger partial charge in [0.1, 0.15) is 5.75 Å². The monoisotopic (exact) mass is 508 g/mol. The number of alkyl halides is 3. The molecule has 0 saturated carbocycles. The highest BCUT2D eigenvalue weighted by Gasteiger charge is 2.30. The smallest absolute Gasteiger partial charge is 0.416 e. The molecule has 1 N–H and O–H groups in total. The second-order valence-electron chi connectivity index (χ2n) is 8.46. The predicted octanol–water partition coefficient (Wildman–Crippen LogP) is 7.04. The largest absolute Gasteiger partial charge is 0.497 e. The van der Waals surface area contributed by atoms with Crippen LogP contribution < -0.4 is 4.74 Å². The van der Waals surface area contributed by atoms with Crippen molar-refractivity contribution in [2.45, 2.75) is 23.7 Å². The van der Waals surface area contributed by atoms with Gasteiger partial charge in [0.05, 0.1) is 30.0 Å². The number of hydrogen-bond acceptors (Lipinski definition) is 4. The van der Waals surface area contributed by atoms with E-state index in [0.29, 0.717) is 23.6 Å². The first-order valence-electron chi connectivity index (χ1n) is 11.3. The van der Waals surface area contributed by atoms with Gasteiger partial charge in [-0.3, -0.25) is 0 Å². The second kappa shape index (κ2) is 9.87. The molecule has 3 aromatic carbocycles. The van der Waals surface area contributed by atoms with Gasteiger partial charge in [-0.2, -0.15) is 13.2 Å². The van der Waals surface area contributed by atoms with Crippen molar-refractivity contribution in [2.24, 2.45) is 0 Å². The number of rotatable bonds is 7. The molecule has 0 aliphatic heterocycles. The SMILES string of the molecule is COc1ccc2c(ccn2CC(O)CSc2cc(-c3ccc(C(F)(F)F)cc3)nc3ccccc23)c1. The van der Waals surface area contributed by atoms with Gasteiger partial charge in [0, 0.05) is 45.2 Å². The number of thioether (sulfide) groups is 1. The maximum atomic E-state index is 13.0. The van der Waals surface area contributed by atoms with E-state index in [1.807, 2.05) is 65.4 Å². The molecule has 0 bridgehead atoms. The van der Waals surface area contributed by atoms with E-state index in [1.165, 1.54) is 23.9 Å². The molecule has 0 saturated heterocycles. The molecule has 4 nitrogen and oxygen atoms in total. The van der Waals surface area contributed by atoms with Gasteiger partial charge in [-0.1, -0.05) is 30.3 Å². The number of aromatic nitrogens is 2. The van der Waals surface area contributed by atoms with Gasteiger partial charge in [0.2, 0.25) is 0 Å². The molecule has 1 atom stereocenters. The summed E-state index contributed by atoms with van der Waals surface area (Å²) in [6.07, 6.45) is -3.05. The van der Waals surface area contributed by atoms with Gasteiger partial charge in [-0.15, -0.1) is 11.8 Å². The normalized spacial score (nSPS) is 12.8. The molecule has 0 aliphatic rings. The summed E-state index contributed by atoms with van der Waals surface area (Å²) < 4.78 is 46.2. The van der Waals surface area contributed by atoms with Crippen molar-refractivity contribution < 1.29 is 23.0 Å². The Labute approximate surface area is 210 Å². The molecule has 0 amide bonds. The molecule has 0 radical (unpaired) electrons. The van der Waals surface area contributed by atoms with Crippen molar-refractivity contribution in [1.29, 1.82) is 0 Å². The summed E-state index contributed by atoms with van der Waals surface area (Å²) in [6.45, 7) is 0.428. The maximum Gasteiger partial charge on any atom is 0.416 e. The number of para-hydroxylation sites is 1. The van der Waals surface area contributed by atoms with Crippen LogP contribution in [0, 0.1) is 0 Å². The Kier molecular flexibility index (Phi) is 6.64. The van der Waals surface area contributed by atoms with Crippen molar-refractivity contribution in [3.05, 3.63) is 90.6 Å². The third-order valence-electron chi connectivity index (χ3n) is 6.00. The molecule has 0 spiro atoms. The lowest BCUT2D eigenvalue weighted by atomic mass is 10.1. The van der Waals surface area contributed by atoms with Crippen LogP contribution in [0.15, 0.2) is 90.0 Å². The fourth-order valence-electron chi connectivity index (χ4n) is 4.17. The lowest BCUT2D eigenvalue weighted by Crippen LogP contribution is -2.17. The van der Waals surface area contributed by atoms with Crippen molar-refractivity contribution in [3.8, 4) is 17.0 Å². The minimum atomic E-state index is -4.39. The van der Waals surface area contributed by atoms with Crippen LogP contribution in [-0.2, 0) is 12.7 Å². The van der Waals surface area contributed by atoms with E-state index in [-0.39, 0.29) is 0 Å². The Morgan fingerprint density at radius 3 is 2.53 bits per heavy atom. The van der Waals surface area contributed by atoms with E-state index in [2.05, 4.69) is 4.98 Å². The first-order chi connectivity index (χ1) is 17.3. The molecule has 2 aromatic heterocycles. The van der Waals surface area contributed by atoms with Gasteiger partial charge < -0.3 is 14.4 Å². The highest BCUT2D eigenvalue weighted by atomic mass is 32.2. The lowest BCUT2D eigenvalue weighted by molar-refractivity contribution is -0.137. The van der Waals surface area contributed by atoms with Gasteiger partial charge in [-0.25, -0.2) is 4.98 Å². The number of pyridine rings is 1. The summed E-state index contributed by atoms with van der Waals surface area (Å²) in [5.74, 6) is 1.22. The fraction of sp³-hybridized carbons (Fsp3) is 0.179. The van der Waals surface area contributed by atoms with E-state index in [0.717, 1.165) is 44.6 Å². The summed E-state index contributed by atoms with van der Waals surface area (Å²) in [6, 6.07) is 22.3. The van der Waals surface area contributed by atoms with Crippen LogP contribution >= 0.6 is 11.8 Å². The van der Waals surface area contributed by atoms with Crippen LogP contribution in [0.2, 0.25) is 0 Å². The zero-order valence-electron chi connectivity index (χ0n) is 19.4. The van der Waals surface area contributed by atoms with Crippen molar-refractivity contribution in [3.63, 3.8) is 0 Å². The van der Waals surface area contributed by atoms with Crippen LogP contribution in [0.3, 0.4) is 0 Å². The Balaban J connectivity index is 1.37. The second-order valence-corrected chi connectivity index (χ2v) is 9.52. The Morgan fingerprint density at radius 2 is 1.78 bits per heavy atom. The summed E-state index contributed by atoms with van der Waals surface area (Å²) in [5, 5.41) is 12.8. The molecule has 0 aliphatic carbocycles. The fourth-order valence-corrected chi connectivity index (χ4v) is 5.17. The Hall–Kier alpha value is -3.49. The first kappa shape index (κ1) is 24.2. The Bertz CT molecular complexity index is 1510. The number of halogens is 3. The number of hydrogen-bond donors (Lipinski definition) is 1. The topological polar surface area (TPSA) is 47.3 Å². The maximum absolute atomic E-state index is 13.0. The molecule has 5 rings (SSSR count). The van der Waals surface area contributed by atoms with Crippen LogP contribution in [-0.4, -0.2) is 33.6 Å². The highest BCUT2D eigenvalue weighted by Crippen LogP contribution is 2.34. The molecule has 5 aromatic rings. The zero-order chi connectivity index (χ0) is 25.3. The number of aliphatic hydroxyl groups excluding tert-OH is 1. The van der Waals surface area contributed by atoms with E-state index >= 15 is 0 Å². The number of fused-ring (bicyclic) bond motifs is 2. The lowest BCUT2D eigenvalue weighted by Gasteiger charge is -2.15. The molecule has 36 heavy (non-hydrogen) atoms. The van der Waals surface area contributed by atoms with Crippen molar-refractivity contribution in [1.82, 2.24) is 9.55 Å². The van der Waals surface area contributed by atoms with E-state index in [4.69, 9.17) is 4.74 Å². The average Bonchev–Trinajstić information content (AvgIpc) is 3.28. The number of aliphatic hydroxyl groups is 1. The van der Waals surface area contributed by atoms with Crippen LogP contribution in [0.4, 0.5) is 13.2 Å². The van der Waals surface area contributed by atoms with Gasteiger partial charge in [0.25, 0.3) is 0 Å². The van der Waals surface area contributed by atoms with Crippen molar-refractivity contribution >= 4 is 33.6 Å². The third kappa shape index (κ3) is 5.05. The number of benzene rings is 3. The van der Waals surface area contributed by atoms with Gasteiger partial charge in [0.15, 0.2) is 0 Å². The minimum Gasteiger partial charge on any atom is -0.497 e. The van der Waals surface area contributed by atoms with E-state index in [9.17, 15) is 18.3 Å². The predicted molar refractivity (Wildman–Crippen MR) is 137 cm³/mol. The summed E-state index contributed by atoms with van der Waals surface area (Å²) in [4.78, 5) is 5.58. The molecule has 2 heterocycles. The van der Waals surface area contributed by atoms with Gasteiger partial charge >= 0.3 is 6.18 Å². The molecule has 0 fully saturated rings. The summed E-state index contributed by atoms with van der Waals surface area (Å²) in [5.41, 5.74) is 2.26. The van der Waals surface area contributed by atoms with Crippen LogP contribution in [0.1, 0.15) is 5.56 Å². The highest BCUT2D eigenvalue weighted by molar-refractivity contribution is 7.99.